The molecule has 1 amide bonds. The largest absolute Gasteiger partial charge is 0.419 e. The van der Waals surface area contributed by atoms with Crippen LogP contribution >= 0.6 is 11.6 Å². The van der Waals surface area contributed by atoms with Gasteiger partial charge in [-0.3, -0.25) is 4.79 Å². The molecule has 0 saturated heterocycles. The molecule has 0 bridgehead atoms. The van der Waals surface area contributed by atoms with Crippen molar-refractivity contribution in [3.63, 3.8) is 0 Å². The van der Waals surface area contributed by atoms with E-state index in [1.165, 1.54) is 0 Å². The molecular weight excluding hydrogens is 376 g/mol. The standard InChI is InChI=1S/C21H19ClN4O2/c1-13(2)20-24-25-21(28-20)18-11-14-5-3-4-6-17(14)26(18)12-19(27)23-16-9-7-15(22)8-10-16/h3-11,13H,12H2,1-2H3,(H,23,27). The molecule has 4 aromatic rings. The summed E-state index contributed by atoms with van der Waals surface area (Å²) < 4.78 is 7.71. The number of halogens is 1. The highest BCUT2D eigenvalue weighted by molar-refractivity contribution is 6.30. The minimum Gasteiger partial charge on any atom is -0.419 e. The Hall–Kier alpha value is -3.12. The van der Waals surface area contributed by atoms with Crippen LogP contribution in [-0.4, -0.2) is 20.7 Å². The summed E-state index contributed by atoms with van der Waals surface area (Å²) in [5.74, 6) is 0.942. The van der Waals surface area contributed by atoms with Gasteiger partial charge >= 0.3 is 0 Å². The monoisotopic (exact) mass is 394 g/mol. The zero-order valence-corrected chi connectivity index (χ0v) is 16.3. The maximum atomic E-state index is 12.7. The molecular formula is C21H19ClN4O2. The van der Waals surface area contributed by atoms with Gasteiger partial charge in [-0.25, -0.2) is 0 Å². The molecule has 2 aromatic carbocycles. The zero-order valence-electron chi connectivity index (χ0n) is 15.5. The van der Waals surface area contributed by atoms with E-state index in [1.807, 2.05) is 48.7 Å². The minimum atomic E-state index is -0.159. The average molecular weight is 395 g/mol. The number of benzene rings is 2. The molecule has 0 saturated carbocycles. The smallest absolute Gasteiger partial charge is 0.264 e. The van der Waals surface area contributed by atoms with E-state index in [9.17, 15) is 4.79 Å². The first-order valence-corrected chi connectivity index (χ1v) is 9.36. The Balaban J connectivity index is 1.68. The van der Waals surface area contributed by atoms with Crippen LogP contribution in [0.5, 0.6) is 0 Å². The summed E-state index contributed by atoms with van der Waals surface area (Å²) in [5.41, 5.74) is 2.33. The van der Waals surface area contributed by atoms with E-state index in [2.05, 4.69) is 15.5 Å². The van der Waals surface area contributed by atoms with Crippen LogP contribution in [-0.2, 0) is 11.3 Å². The maximum absolute atomic E-state index is 12.7. The molecule has 7 heteroatoms. The number of rotatable bonds is 5. The number of hydrogen-bond acceptors (Lipinski definition) is 4. The van der Waals surface area contributed by atoms with Crippen molar-refractivity contribution in [3.05, 3.63) is 65.5 Å². The molecule has 28 heavy (non-hydrogen) atoms. The second-order valence-electron chi connectivity index (χ2n) is 6.83. The molecule has 0 radical (unpaired) electrons. The van der Waals surface area contributed by atoms with E-state index < -0.39 is 0 Å². The van der Waals surface area contributed by atoms with E-state index in [0.29, 0.717) is 28.2 Å². The molecule has 6 nitrogen and oxygen atoms in total. The lowest BCUT2D eigenvalue weighted by Gasteiger charge is -2.10. The quantitative estimate of drug-likeness (QED) is 0.510. The Bertz CT molecular complexity index is 1130. The fourth-order valence-electron chi connectivity index (χ4n) is 3.01. The van der Waals surface area contributed by atoms with Gasteiger partial charge in [-0.05, 0) is 36.4 Å². The number of carbonyl (C=O) groups excluding carboxylic acids is 1. The van der Waals surface area contributed by atoms with Gasteiger partial charge in [-0.1, -0.05) is 43.6 Å². The number of anilines is 1. The van der Waals surface area contributed by atoms with Crippen LogP contribution in [0, 0.1) is 0 Å². The number of nitrogens with one attached hydrogen (secondary N) is 1. The molecule has 0 fully saturated rings. The van der Waals surface area contributed by atoms with Gasteiger partial charge in [0.1, 0.15) is 12.2 Å². The molecule has 0 spiro atoms. The lowest BCUT2D eigenvalue weighted by molar-refractivity contribution is -0.116. The Morgan fingerprint density at radius 2 is 1.89 bits per heavy atom. The van der Waals surface area contributed by atoms with Crippen LogP contribution in [0.4, 0.5) is 5.69 Å². The number of amides is 1. The summed E-state index contributed by atoms with van der Waals surface area (Å²) in [7, 11) is 0. The van der Waals surface area contributed by atoms with Crippen LogP contribution in [0.3, 0.4) is 0 Å². The van der Waals surface area contributed by atoms with Crippen LogP contribution < -0.4 is 5.32 Å². The van der Waals surface area contributed by atoms with Gasteiger partial charge in [0.2, 0.25) is 11.8 Å². The van der Waals surface area contributed by atoms with Crippen LogP contribution in [0.1, 0.15) is 25.7 Å². The summed E-state index contributed by atoms with van der Waals surface area (Å²) in [6, 6.07) is 16.8. The zero-order chi connectivity index (χ0) is 19.7. The first-order chi connectivity index (χ1) is 13.5. The highest BCUT2D eigenvalue weighted by Crippen LogP contribution is 2.29. The summed E-state index contributed by atoms with van der Waals surface area (Å²) in [5, 5.41) is 12.8. The van der Waals surface area contributed by atoms with Gasteiger partial charge < -0.3 is 14.3 Å². The van der Waals surface area contributed by atoms with Crippen molar-refractivity contribution in [2.24, 2.45) is 0 Å². The Kier molecular flexibility index (Phi) is 4.88. The SMILES string of the molecule is CC(C)c1nnc(-c2cc3ccccc3n2CC(=O)Nc2ccc(Cl)cc2)o1. The number of carbonyl (C=O) groups is 1. The summed E-state index contributed by atoms with van der Waals surface area (Å²) in [6.45, 7) is 4.10. The highest BCUT2D eigenvalue weighted by atomic mass is 35.5. The fourth-order valence-corrected chi connectivity index (χ4v) is 3.13. The molecule has 4 rings (SSSR count). The maximum Gasteiger partial charge on any atom is 0.264 e. The van der Waals surface area contributed by atoms with Crippen molar-refractivity contribution in [2.75, 3.05) is 5.32 Å². The van der Waals surface area contributed by atoms with Crippen LogP contribution in [0.15, 0.2) is 59.0 Å². The molecule has 2 heterocycles. The summed E-state index contributed by atoms with van der Waals surface area (Å²) in [6.07, 6.45) is 0. The predicted octanol–water partition coefficient (Wildman–Crippen LogP) is 5.11. The van der Waals surface area contributed by atoms with Crippen molar-refractivity contribution in [2.45, 2.75) is 26.3 Å². The summed E-state index contributed by atoms with van der Waals surface area (Å²) >= 11 is 5.90. The molecule has 142 valence electrons. The predicted molar refractivity (Wildman–Crippen MR) is 109 cm³/mol. The van der Waals surface area contributed by atoms with Crippen molar-refractivity contribution in [1.82, 2.24) is 14.8 Å². The lowest BCUT2D eigenvalue weighted by Crippen LogP contribution is -2.19. The topological polar surface area (TPSA) is 73.0 Å². The Morgan fingerprint density at radius 1 is 1.14 bits per heavy atom. The number of aromatic nitrogens is 3. The van der Waals surface area contributed by atoms with Gasteiger partial charge in [-0.2, -0.15) is 0 Å². The van der Waals surface area contributed by atoms with Crippen molar-refractivity contribution in [3.8, 4) is 11.6 Å². The van der Waals surface area contributed by atoms with E-state index in [0.717, 1.165) is 10.9 Å². The van der Waals surface area contributed by atoms with Crippen LogP contribution in [0.2, 0.25) is 5.02 Å². The second kappa shape index (κ2) is 7.48. The van der Waals surface area contributed by atoms with Crippen molar-refractivity contribution >= 4 is 34.1 Å². The number of para-hydroxylation sites is 1. The Morgan fingerprint density at radius 3 is 2.61 bits per heavy atom. The molecule has 0 atom stereocenters. The van der Waals surface area contributed by atoms with Crippen molar-refractivity contribution < 1.29 is 9.21 Å². The molecule has 0 aliphatic carbocycles. The normalized spacial score (nSPS) is 11.3. The van der Waals surface area contributed by atoms with Crippen molar-refractivity contribution in [1.29, 1.82) is 0 Å². The molecule has 0 aliphatic rings. The third-order valence-electron chi connectivity index (χ3n) is 4.39. The average Bonchev–Trinajstić information content (AvgIpc) is 3.29. The Labute approximate surface area is 167 Å². The first-order valence-electron chi connectivity index (χ1n) is 8.99. The van der Waals surface area contributed by atoms with Gasteiger partial charge in [0, 0.05) is 27.5 Å². The van der Waals surface area contributed by atoms with E-state index in [1.54, 1.807) is 24.3 Å². The third kappa shape index (κ3) is 3.64. The first kappa shape index (κ1) is 18.3. The van der Waals surface area contributed by atoms with E-state index >= 15 is 0 Å². The molecule has 0 unspecified atom stereocenters. The van der Waals surface area contributed by atoms with Gasteiger partial charge in [0.15, 0.2) is 0 Å². The van der Waals surface area contributed by atoms with E-state index in [-0.39, 0.29) is 18.4 Å². The highest BCUT2D eigenvalue weighted by Gasteiger charge is 2.19. The number of hydrogen-bond donors (Lipinski definition) is 1. The molecule has 2 aromatic heterocycles. The van der Waals surface area contributed by atoms with Crippen LogP contribution in [0.25, 0.3) is 22.5 Å². The lowest BCUT2D eigenvalue weighted by atomic mass is 10.2. The van der Waals surface area contributed by atoms with E-state index in [4.69, 9.17) is 16.0 Å². The van der Waals surface area contributed by atoms with Gasteiger partial charge in [0.25, 0.3) is 5.89 Å². The minimum absolute atomic E-state index is 0.116. The fraction of sp³-hybridized carbons (Fsp3) is 0.190. The van der Waals surface area contributed by atoms with Gasteiger partial charge in [-0.15, -0.1) is 10.2 Å². The molecule has 0 aliphatic heterocycles. The second-order valence-corrected chi connectivity index (χ2v) is 7.27. The van der Waals surface area contributed by atoms with Gasteiger partial charge in [0.05, 0.1) is 0 Å². The number of nitrogens with zero attached hydrogens (tertiary/aromatic N) is 3. The molecule has 1 N–H and O–H groups in total. The summed E-state index contributed by atoms with van der Waals surface area (Å²) in [4.78, 5) is 12.7. The third-order valence-corrected chi connectivity index (χ3v) is 4.65. The number of fused-ring (bicyclic) bond motifs is 1.